The van der Waals surface area contributed by atoms with Crippen LogP contribution in [0.4, 0.5) is 5.69 Å². The summed E-state index contributed by atoms with van der Waals surface area (Å²) in [5.41, 5.74) is 5.26. The van der Waals surface area contributed by atoms with Gasteiger partial charge in [-0.15, -0.1) is 0 Å². The summed E-state index contributed by atoms with van der Waals surface area (Å²) in [6.07, 6.45) is 0. The number of anilines is 1. The minimum Gasteiger partial charge on any atom is -0.478 e. The van der Waals surface area contributed by atoms with Crippen molar-refractivity contribution < 1.29 is 19.5 Å². The van der Waals surface area contributed by atoms with Gasteiger partial charge in [0, 0.05) is 12.6 Å². The van der Waals surface area contributed by atoms with E-state index in [9.17, 15) is 14.7 Å². The molecule has 6 heteroatoms. The molecule has 6 nitrogen and oxygen atoms in total. The first-order valence-corrected chi connectivity index (χ1v) is 7.02. The maximum atomic E-state index is 11.7. The van der Waals surface area contributed by atoms with Crippen LogP contribution in [0.25, 0.3) is 0 Å². The van der Waals surface area contributed by atoms with Crippen LogP contribution in [0.3, 0.4) is 0 Å². The van der Waals surface area contributed by atoms with Crippen LogP contribution >= 0.6 is 0 Å². The predicted molar refractivity (Wildman–Crippen MR) is 87.0 cm³/mol. The van der Waals surface area contributed by atoms with Gasteiger partial charge in [0.25, 0.3) is 5.91 Å². The Balaban J connectivity index is 2.31. The number of benzene rings is 2. The summed E-state index contributed by atoms with van der Waals surface area (Å²) in [5, 5.41) is 11.8. The number of aromatic carboxylic acids is 1. The second kappa shape index (κ2) is 6.83. The number of carbonyl (C=O) groups is 2. The molecule has 1 amide bonds. The summed E-state index contributed by atoms with van der Waals surface area (Å²) in [6.45, 7) is 3.65. The van der Waals surface area contributed by atoms with Crippen LogP contribution < -0.4 is 15.6 Å². The maximum absolute atomic E-state index is 11.7. The average molecular weight is 314 g/mol. The molecule has 0 saturated heterocycles. The Bertz CT molecular complexity index is 739. The molecule has 23 heavy (non-hydrogen) atoms. The van der Waals surface area contributed by atoms with E-state index >= 15 is 0 Å². The summed E-state index contributed by atoms with van der Waals surface area (Å²) in [4.78, 5) is 28.6. The van der Waals surface area contributed by atoms with E-state index < -0.39 is 5.97 Å². The smallest absolute Gasteiger partial charge is 0.339 e. The lowest BCUT2D eigenvalue weighted by atomic mass is 10.0. The van der Waals surface area contributed by atoms with E-state index in [4.69, 9.17) is 4.84 Å². The van der Waals surface area contributed by atoms with Crippen LogP contribution in [0, 0.1) is 13.8 Å². The van der Waals surface area contributed by atoms with Crippen LogP contribution in [0.1, 0.15) is 31.8 Å². The highest BCUT2D eigenvalue weighted by atomic mass is 16.6. The number of amides is 1. The minimum absolute atomic E-state index is 0.0804. The van der Waals surface area contributed by atoms with Crippen molar-refractivity contribution in [2.45, 2.75) is 13.8 Å². The number of aryl methyl sites for hydroxylation is 2. The van der Waals surface area contributed by atoms with E-state index in [-0.39, 0.29) is 22.8 Å². The number of rotatable bonds is 5. The maximum Gasteiger partial charge on any atom is 0.339 e. The topological polar surface area (TPSA) is 87.7 Å². The number of carboxylic acid groups (broad SMARTS) is 1. The first kappa shape index (κ1) is 16.4. The lowest BCUT2D eigenvalue weighted by molar-refractivity contribution is 0.0693. The Labute approximate surface area is 134 Å². The molecule has 0 aliphatic carbocycles. The molecule has 0 spiro atoms. The van der Waals surface area contributed by atoms with Crippen molar-refractivity contribution >= 4 is 17.6 Å². The monoisotopic (exact) mass is 314 g/mol. The number of carboxylic acids is 1. The summed E-state index contributed by atoms with van der Waals surface area (Å²) in [6, 6.07) is 10.3. The molecule has 2 aromatic rings. The molecule has 0 radical (unpaired) electrons. The molecular weight excluding hydrogens is 296 g/mol. The van der Waals surface area contributed by atoms with E-state index in [2.05, 4.69) is 10.8 Å². The van der Waals surface area contributed by atoms with E-state index in [0.29, 0.717) is 11.3 Å². The molecule has 120 valence electrons. The molecule has 0 unspecified atom stereocenters. The van der Waals surface area contributed by atoms with Crippen LogP contribution in [-0.2, 0) is 0 Å². The van der Waals surface area contributed by atoms with E-state index in [1.165, 1.54) is 13.1 Å². The van der Waals surface area contributed by atoms with Gasteiger partial charge >= 0.3 is 5.97 Å². The van der Waals surface area contributed by atoms with Gasteiger partial charge in [0.05, 0.1) is 5.69 Å². The zero-order valence-corrected chi connectivity index (χ0v) is 13.1. The van der Waals surface area contributed by atoms with Gasteiger partial charge in [-0.25, -0.2) is 10.3 Å². The highest BCUT2D eigenvalue weighted by molar-refractivity contribution is 5.99. The third-order valence-corrected chi connectivity index (χ3v) is 3.32. The molecule has 0 aliphatic rings. The molecule has 0 saturated carbocycles. The number of hydrogen-bond donors (Lipinski definition) is 3. The molecule has 3 N–H and O–H groups in total. The van der Waals surface area contributed by atoms with E-state index in [0.717, 1.165) is 5.56 Å². The Hall–Kier alpha value is -3.02. The van der Waals surface area contributed by atoms with E-state index in [1.54, 1.807) is 13.0 Å². The first-order chi connectivity index (χ1) is 10.9. The SMILES string of the molecule is CNC(=O)c1cc(C)c(ONc2ccc(C)cc2)c(C(=O)O)c1. The zero-order chi connectivity index (χ0) is 17.0. The Morgan fingerprint density at radius 1 is 1.09 bits per heavy atom. The molecule has 0 aromatic heterocycles. The number of nitrogens with one attached hydrogen (secondary N) is 2. The fraction of sp³-hybridized carbons (Fsp3) is 0.176. The summed E-state index contributed by atoms with van der Waals surface area (Å²) in [7, 11) is 1.49. The lowest BCUT2D eigenvalue weighted by Gasteiger charge is -2.14. The van der Waals surface area contributed by atoms with Crippen molar-refractivity contribution in [3.05, 3.63) is 58.7 Å². The van der Waals surface area contributed by atoms with Gasteiger partial charge in [0.15, 0.2) is 5.75 Å². The van der Waals surface area contributed by atoms with Gasteiger partial charge in [-0.2, -0.15) is 0 Å². The molecule has 2 rings (SSSR count). The molecular formula is C17H18N2O4. The van der Waals surface area contributed by atoms with Gasteiger partial charge in [0.2, 0.25) is 0 Å². The van der Waals surface area contributed by atoms with Crippen molar-refractivity contribution in [1.29, 1.82) is 0 Å². The molecule has 2 aromatic carbocycles. The predicted octanol–water partition coefficient (Wildman–Crippen LogP) is 2.77. The van der Waals surface area contributed by atoms with Crippen molar-refractivity contribution in [2.75, 3.05) is 12.5 Å². The van der Waals surface area contributed by atoms with Crippen LogP contribution in [0.15, 0.2) is 36.4 Å². The Morgan fingerprint density at radius 3 is 2.30 bits per heavy atom. The summed E-state index contributed by atoms with van der Waals surface area (Å²) < 4.78 is 0. The van der Waals surface area contributed by atoms with Crippen molar-refractivity contribution in [3.63, 3.8) is 0 Å². The average Bonchev–Trinajstić information content (AvgIpc) is 2.53. The zero-order valence-electron chi connectivity index (χ0n) is 13.1. The highest BCUT2D eigenvalue weighted by Crippen LogP contribution is 2.26. The van der Waals surface area contributed by atoms with Gasteiger partial charge in [-0.05, 0) is 43.7 Å². The molecule has 0 aliphatic heterocycles. The molecule has 0 bridgehead atoms. The molecule has 0 atom stereocenters. The standard InChI is InChI=1S/C17H18N2O4/c1-10-4-6-13(7-5-10)19-23-15-11(2)8-12(16(20)18-3)9-14(15)17(21)22/h4-9,19H,1-3H3,(H,18,20)(H,21,22). The normalized spacial score (nSPS) is 10.0. The second-order valence-corrected chi connectivity index (χ2v) is 5.12. The third kappa shape index (κ3) is 3.79. The lowest BCUT2D eigenvalue weighted by Crippen LogP contribution is -2.19. The Kier molecular flexibility index (Phi) is 4.85. The minimum atomic E-state index is -1.17. The van der Waals surface area contributed by atoms with Crippen molar-refractivity contribution in [2.24, 2.45) is 0 Å². The van der Waals surface area contributed by atoms with Crippen molar-refractivity contribution in [1.82, 2.24) is 5.32 Å². The molecule has 0 fully saturated rings. The quantitative estimate of drug-likeness (QED) is 0.739. The van der Waals surface area contributed by atoms with Gasteiger partial charge < -0.3 is 15.3 Å². The fourth-order valence-electron chi connectivity index (χ4n) is 2.08. The van der Waals surface area contributed by atoms with Crippen LogP contribution in [-0.4, -0.2) is 24.0 Å². The van der Waals surface area contributed by atoms with E-state index in [1.807, 2.05) is 31.2 Å². The van der Waals surface area contributed by atoms with Crippen molar-refractivity contribution in [3.8, 4) is 5.75 Å². The highest BCUT2D eigenvalue weighted by Gasteiger charge is 2.18. The first-order valence-electron chi connectivity index (χ1n) is 7.02. The van der Waals surface area contributed by atoms with Crippen LogP contribution in [0.2, 0.25) is 0 Å². The fourth-order valence-corrected chi connectivity index (χ4v) is 2.08. The van der Waals surface area contributed by atoms with Gasteiger partial charge in [-0.3, -0.25) is 4.79 Å². The largest absolute Gasteiger partial charge is 0.478 e. The Morgan fingerprint density at radius 2 is 1.74 bits per heavy atom. The number of hydrogen-bond acceptors (Lipinski definition) is 4. The second-order valence-electron chi connectivity index (χ2n) is 5.12. The van der Waals surface area contributed by atoms with Gasteiger partial charge in [-0.1, -0.05) is 17.7 Å². The number of carbonyl (C=O) groups excluding carboxylic acids is 1. The van der Waals surface area contributed by atoms with Gasteiger partial charge in [0.1, 0.15) is 5.56 Å². The summed E-state index contributed by atoms with van der Waals surface area (Å²) in [5.74, 6) is -1.35. The molecule has 0 heterocycles. The van der Waals surface area contributed by atoms with Crippen LogP contribution in [0.5, 0.6) is 5.75 Å². The third-order valence-electron chi connectivity index (χ3n) is 3.32. The summed E-state index contributed by atoms with van der Waals surface area (Å²) >= 11 is 0.